The molecule has 1 aromatic heterocycles. The van der Waals surface area contributed by atoms with E-state index in [1.54, 1.807) is 0 Å². The molecule has 2 nitrogen and oxygen atoms in total. The maximum Gasteiger partial charge on any atom is 0.140 e. The van der Waals surface area contributed by atoms with Gasteiger partial charge in [0, 0.05) is 15.5 Å². The first-order chi connectivity index (χ1) is 9.22. The van der Waals surface area contributed by atoms with E-state index in [9.17, 15) is 0 Å². The van der Waals surface area contributed by atoms with Crippen LogP contribution in [0.15, 0.2) is 59.1 Å². The number of nitrogens with one attached hydrogen (secondary N) is 1. The zero-order chi connectivity index (χ0) is 13.2. The van der Waals surface area contributed by atoms with Crippen molar-refractivity contribution in [3.05, 3.63) is 64.2 Å². The summed E-state index contributed by atoms with van der Waals surface area (Å²) in [5.74, 6) is 0.765. The summed E-state index contributed by atoms with van der Waals surface area (Å²) in [4.78, 5) is 4.37. The Bertz CT molecular complexity index is 743. The fourth-order valence-corrected chi connectivity index (χ4v) is 2.57. The fourth-order valence-electron chi connectivity index (χ4n) is 1.96. The van der Waals surface area contributed by atoms with Crippen LogP contribution in [0.2, 0.25) is 5.15 Å². The molecule has 4 heteroatoms. The Morgan fingerprint density at radius 2 is 1.84 bits per heavy atom. The highest BCUT2D eigenvalue weighted by atomic mass is 79.9. The molecule has 0 spiro atoms. The zero-order valence-corrected chi connectivity index (χ0v) is 12.2. The average molecular weight is 334 g/mol. The van der Waals surface area contributed by atoms with Crippen LogP contribution in [-0.4, -0.2) is 4.98 Å². The topological polar surface area (TPSA) is 24.9 Å². The molecule has 1 heterocycles. The third kappa shape index (κ3) is 2.72. The maximum absolute atomic E-state index is 6.06. The van der Waals surface area contributed by atoms with E-state index in [-0.39, 0.29) is 0 Å². The standard InChI is InChI=1S/C15H10BrClN2/c16-11-5-3-6-12(9-11)18-15-13-7-2-1-4-10(13)8-14(17)19-15/h1-9H,(H,18,19). The normalized spacial score (nSPS) is 10.6. The van der Waals surface area contributed by atoms with Crippen LogP contribution in [-0.2, 0) is 0 Å². The monoisotopic (exact) mass is 332 g/mol. The van der Waals surface area contributed by atoms with Gasteiger partial charge in [0.2, 0.25) is 0 Å². The summed E-state index contributed by atoms with van der Waals surface area (Å²) in [6.07, 6.45) is 0. The fraction of sp³-hybridized carbons (Fsp3) is 0. The molecular weight excluding hydrogens is 324 g/mol. The van der Waals surface area contributed by atoms with Gasteiger partial charge in [0.1, 0.15) is 11.0 Å². The van der Waals surface area contributed by atoms with Gasteiger partial charge in [-0.25, -0.2) is 4.98 Å². The molecule has 3 aromatic rings. The lowest BCUT2D eigenvalue weighted by molar-refractivity contribution is 1.34. The number of nitrogens with zero attached hydrogens (tertiary/aromatic N) is 1. The number of hydrogen-bond acceptors (Lipinski definition) is 2. The van der Waals surface area contributed by atoms with Gasteiger partial charge in [-0.15, -0.1) is 0 Å². The molecular formula is C15H10BrClN2. The first-order valence-corrected chi connectivity index (χ1v) is 6.97. The molecule has 0 bridgehead atoms. The summed E-state index contributed by atoms with van der Waals surface area (Å²) in [7, 11) is 0. The summed E-state index contributed by atoms with van der Waals surface area (Å²) >= 11 is 9.51. The summed E-state index contributed by atoms with van der Waals surface area (Å²) in [6.45, 7) is 0. The highest BCUT2D eigenvalue weighted by Crippen LogP contribution is 2.28. The summed E-state index contributed by atoms with van der Waals surface area (Å²) in [5.41, 5.74) is 0.967. The van der Waals surface area contributed by atoms with Gasteiger partial charge < -0.3 is 5.32 Å². The third-order valence-electron chi connectivity index (χ3n) is 2.80. The Balaban J connectivity index is 2.09. The van der Waals surface area contributed by atoms with E-state index in [4.69, 9.17) is 11.6 Å². The van der Waals surface area contributed by atoms with Gasteiger partial charge in [0.05, 0.1) is 0 Å². The molecule has 3 rings (SSSR count). The van der Waals surface area contributed by atoms with Gasteiger partial charge in [-0.05, 0) is 29.7 Å². The Hall–Kier alpha value is -1.58. The molecule has 0 saturated heterocycles. The summed E-state index contributed by atoms with van der Waals surface area (Å²) < 4.78 is 1.02. The van der Waals surface area contributed by atoms with Crippen LogP contribution in [0.5, 0.6) is 0 Å². The Morgan fingerprint density at radius 3 is 2.68 bits per heavy atom. The molecule has 0 atom stereocenters. The molecule has 0 aliphatic carbocycles. The number of pyridine rings is 1. The second-order valence-corrected chi connectivity index (χ2v) is 5.45. The van der Waals surface area contributed by atoms with Crippen molar-refractivity contribution in [3.8, 4) is 0 Å². The molecule has 0 saturated carbocycles. The van der Waals surface area contributed by atoms with Crippen LogP contribution < -0.4 is 5.32 Å². The van der Waals surface area contributed by atoms with E-state index in [1.807, 2.05) is 54.6 Å². The van der Waals surface area contributed by atoms with Gasteiger partial charge in [-0.2, -0.15) is 0 Å². The number of rotatable bonds is 2. The molecule has 0 fully saturated rings. The van der Waals surface area contributed by atoms with Gasteiger partial charge in [-0.3, -0.25) is 0 Å². The Labute approximate surface area is 124 Å². The van der Waals surface area contributed by atoms with E-state index in [0.29, 0.717) is 5.15 Å². The van der Waals surface area contributed by atoms with Crippen molar-refractivity contribution in [1.82, 2.24) is 4.98 Å². The smallest absolute Gasteiger partial charge is 0.140 e. The van der Waals surface area contributed by atoms with Crippen LogP contribution in [0.4, 0.5) is 11.5 Å². The van der Waals surface area contributed by atoms with Crippen molar-refractivity contribution in [2.45, 2.75) is 0 Å². The number of aromatic nitrogens is 1. The van der Waals surface area contributed by atoms with Crippen molar-refractivity contribution >= 4 is 49.8 Å². The lowest BCUT2D eigenvalue weighted by atomic mass is 10.1. The number of hydrogen-bond donors (Lipinski definition) is 1. The molecule has 0 unspecified atom stereocenters. The van der Waals surface area contributed by atoms with Crippen molar-refractivity contribution in [2.24, 2.45) is 0 Å². The van der Waals surface area contributed by atoms with E-state index in [2.05, 4.69) is 26.2 Å². The average Bonchev–Trinajstić information content (AvgIpc) is 2.38. The van der Waals surface area contributed by atoms with Crippen molar-refractivity contribution in [3.63, 3.8) is 0 Å². The first kappa shape index (κ1) is 12.5. The highest BCUT2D eigenvalue weighted by Gasteiger charge is 2.05. The largest absolute Gasteiger partial charge is 0.340 e. The van der Waals surface area contributed by atoms with Crippen LogP contribution in [0.1, 0.15) is 0 Å². The first-order valence-electron chi connectivity index (χ1n) is 5.80. The second kappa shape index (κ2) is 5.19. The molecule has 19 heavy (non-hydrogen) atoms. The molecule has 0 aliphatic rings. The van der Waals surface area contributed by atoms with Crippen molar-refractivity contribution in [1.29, 1.82) is 0 Å². The predicted octanol–water partition coefficient (Wildman–Crippen LogP) is 5.39. The number of benzene rings is 2. The van der Waals surface area contributed by atoms with Gasteiger partial charge in [0.25, 0.3) is 0 Å². The number of fused-ring (bicyclic) bond motifs is 1. The second-order valence-electron chi connectivity index (χ2n) is 4.15. The lowest BCUT2D eigenvalue weighted by Gasteiger charge is -2.09. The minimum Gasteiger partial charge on any atom is -0.340 e. The predicted molar refractivity (Wildman–Crippen MR) is 84.2 cm³/mol. The van der Waals surface area contributed by atoms with Crippen LogP contribution in [0, 0.1) is 0 Å². The van der Waals surface area contributed by atoms with Crippen LogP contribution in [0.25, 0.3) is 10.8 Å². The van der Waals surface area contributed by atoms with E-state index >= 15 is 0 Å². The summed E-state index contributed by atoms with van der Waals surface area (Å²) in [5, 5.41) is 5.90. The van der Waals surface area contributed by atoms with Gasteiger partial charge in [0.15, 0.2) is 0 Å². The quantitative estimate of drug-likeness (QED) is 0.636. The molecule has 94 valence electrons. The molecule has 0 radical (unpaired) electrons. The number of anilines is 2. The lowest BCUT2D eigenvalue weighted by Crippen LogP contribution is -1.95. The van der Waals surface area contributed by atoms with Gasteiger partial charge in [-0.1, -0.05) is 57.9 Å². The van der Waals surface area contributed by atoms with E-state index < -0.39 is 0 Å². The number of halogens is 2. The maximum atomic E-state index is 6.06. The zero-order valence-electron chi connectivity index (χ0n) is 9.90. The molecule has 2 aromatic carbocycles. The van der Waals surface area contributed by atoms with Crippen molar-refractivity contribution in [2.75, 3.05) is 5.32 Å². The highest BCUT2D eigenvalue weighted by molar-refractivity contribution is 9.10. The Kier molecular flexibility index (Phi) is 3.40. The van der Waals surface area contributed by atoms with Gasteiger partial charge >= 0.3 is 0 Å². The van der Waals surface area contributed by atoms with Crippen molar-refractivity contribution < 1.29 is 0 Å². The third-order valence-corrected chi connectivity index (χ3v) is 3.48. The Morgan fingerprint density at radius 1 is 1.00 bits per heavy atom. The minimum absolute atomic E-state index is 0.483. The van der Waals surface area contributed by atoms with Crippen LogP contribution in [0.3, 0.4) is 0 Å². The SMILES string of the molecule is Clc1cc2ccccc2c(Nc2cccc(Br)c2)n1. The molecule has 0 aliphatic heterocycles. The summed E-state index contributed by atoms with van der Waals surface area (Å²) in [6, 6.07) is 17.8. The molecule has 0 amide bonds. The minimum atomic E-state index is 0.483. The van der Waals surface area contributed by atoms with Crippen LogP contribution >= 0.6 is 27.5 Å². The van der Waals surface area contributed by atoms with E-state index in [1.165, 1.54) is 0 Å². The van der Waals surface area contributed by atoms with E-state index in [0.717, 1.165) is 26.8 Å². The molecule has 1 N–H and O–H groups in total.